The highest BCUT2D eigenvalue weighted by atomic mass is 19.1. The molecule has 1 aromatic carbocycles. The summed E-state index contributed by atoms with van der Waals surface area (Å²) in [6.07, 6.45) is 0.906. The van der Waals surface area contributed by atoms with E-state index in [0.29, 0.717) is 11.6 Å². The summed E-state index contributed by atoms with van der Waals surface area (Å²) in [6.45, 7) is 2.04. The highest BCUT2D eigenvalue weighted by Gasteiger charge is 2.40. The molecule has 0 bridgehead atoms. The minimum absolute atomic E-state index is 0.0133. The topological polar surface area (TPSA) is 49.4 Å². The summed E-state index contributed by atoms with van der Waals surface area (Å²) < 4.78 is 12.7. The van der Waals surface area contributed by atoms with Crippen molar-refractivity contribution in [3.05, 3.63) is 30.1 Å². The van der Waals surface area contributed by atoms with Gasteiger partial charge in [0.15, 0.2) is 0 Å². The van der Waals surface area contributed by atoms with Gasteiger partial charge in [0.2, 0.25) is 11.8 Å². The lowest BCUT2D eigenvalue weighted by molar-refractivity contribution is -0.134. The second-order valence-corrected chi connectivity index (χ2v) is 5.07. The van der Waals surface area contributed by atoms with Gasteiger partial charge in [0.25, 0.3) is 0 Å². The molecule has 0 aromatic heterocycles. The number of carbonyl (C=O) groups excluding carboxylic acids is 2. The Morgan fingerprint density at radius 2 is 1.95 bits per heavy atom. The van der Waals surface area contributed by atoms with E-state index in [1.165, 1.54) is 29.2 Å². The molecule has 1 aromatic rings. The molecule has 1 aliphatic carbocycles. The summed E-state index contributed by atoms with van der Waals surface area (Å²) in [6, 6.07) is 5.52. The second kappa shape index (κ2) is 5.38. The zero-order valence-corrected chi connectivity index (χ0v) is 11.0. The summed E-state index contributed by atoms with van der Waals surface area (Å²) in [4.78, 5) is 25.0. The molecule has 4 nitrogen and oxygen atoms in total. The Morgan fingerprint density at radius 1 is 1.37 bits per heavy atom. The fraction of sp³-hybridized carbons (Fsp3) is 0.429. The van der Waals surface area contributed by atoms with Gasteiger partial charge in [0, 0.05) is 18.7 Å². The molecule has 1 N–H and O–H groups in total. The van der Waals surface area contributed by atoms with Crippen LogP contribution in [-0.2, 0) is 9.59 Å². The Morgan fingerprint density at radius 3 is 2.47 bits per heavy atom. The average Bonchev–Trinajstić information content (AvgIpc) is 3.08. The normalized spacial score (nSPS) is 20.8. The third-order valence-corrected chi connectivity index (χ3v) is 3.31. The zero-order valence-electron chi connectivity index (χ0n) is 11.0. The van der Waals surface area contributed by atoms with Crippen molar-refractivity contribution in [2.75, 3.05) is 18.9 Å². The zero-order chi connectivity index (χ0) is 14.0. The number of halogens is 1. The lowest BCUT2D eigenvalue weighted by Crippen LogP contribution is -2.36. The first-order chi connectivity index (χ1) is 8.97. The third kappa shape index (κ3) is 3.53. The van der Waals surface area contributed by atoms with Crippen LogP contribution in [0.3, 0.4) is 0 Å². The number of benzene rings is 1. The van der Waals surface area contributed by atoms with Crippen LogP contribution in [0.4, 0.5) is 10.1 Å². The number of nitrogens with one attached hydrogen (secondary N) is 1. The minimum Gasteiger partial charge on any atom is -0.336 e. The maximum atomic E-state index is 12.7. The Labute approximate surface area is 111 Å². The van der Waals surface area contributed by atoms with Crippen LogP contribution < -0.4 is 5.32 Å². The number of nitrogens with zero attached hydrogens (tertiary/aromatic N) is 1. The van der Waals surface area contributed by atoms with E-state index in [1.807, 2.05) is 6.92 Å². The monoisotopic (exact) mass is 264 g/mol. The molecule has 1 saturated carbocycles. The Bertz CT molecular complexity index is 487. The van der Waals surface area contributed by atoms with Crippen LogP contribution in [0.15, 0.2) is 24.3 Å². The van der Waals surface area contributed by atoms with Crippen molar-refractivity contribution in [2.24, 2.45) is 11.8 Å². The maximum Gasteiger partial charge on any atom is 0.243 e. The molecular weight excluding hydrogens is 247 g/mol. The van der Waals surface area contributed by atoms with Crippen molar-refractivity contribution in [1.29, 1.82) is 0 Å². The predicted octanol–water partition coefficient (Wildman–Crippen LogP) is 1.88. The van der Waals surface area contributed by atoms with E-state index >= 15 is 0 Å². The SMILES string of the molecule is C[C@@H]1C[C@@H]1C(=O)N(C)CC(=O)Nc1ccc(F)cc1. The van der Waals surface area contributed by atoms with Gasteiger partial charge in [0.1, 0.15) is 5.82 Å². The van der Waals surface area contributed by atoms with Gasteiger partial charge in [-0.1, -0.05) is 6.92 Å². The van der Waals surface area contributed by atoms with E-state index in [1.54, 1.807) is 7.05 Å². The molecule has 0 spiro atoms. The van der Waals surface area contributed by atoms with Gasteiger partial charge in [-0.05, 0) is 36.6 Å². The van der Waals surface area contributed by atoms with E-state index in [4.69, 9.17) is 0 Å². The van der Waals surface area contributed by atoms with Crippen molar-refractivity contribution >= 4 is 17.5 Å². The Hall–Kier alpha value is -1.91. The number of anilines is 1. The largest absolute Gasteiger partial charge is 0.336 e. The van der Waals surface area contributed by atoms with Gasteiger partial charge >= 0.3 is 0 Å². The van der Waals surface area contributed by atoms with E-state index in [0.717, 1.165) is 6.42 Å². The molecule has 0 unspecified atom stereocenters. The molecule has 2 amide bonds. The summed E-state index contributed by atoms with van der Waals surface area (Å²) in [5.74, 6) is -0.121. The minimum atomic E-state index is -0.354. The van der Waals surface area contributed by atoms with E-state index < -0.39 is 0 Å². The molecule has 5 heteroatoms. The van der Waals surface area contributed by atoms with Crippen molar-refractivity contribution in [3.8, 4) is 0 Å². The standard InChI is InChI=1S/C14H17FN2O2/c1-9-7-12(9)14(19)17(2)8-13(18)16-11-5-3-10(15)4-6-11/h3-6,9,12H,7-8H2,1-2H3,(H,16,18)/t9-,12+/m1/s1. The van der Waals surface area contributed by atoms with Crippen LogP contribution in [0.25, 0.3) is 0 Å². The molecule has 102 valence electrons. The van der Waals surface area contributed by atoms with Gasteiger partial charge in [-0.2, -0.15) is 0 Å². The molecule has 2 atom stereocenters. The average molecular weight is 264 g/mol. The summed E-state index contributed by atoms with van der Waals surface area (Å²) >= 11 is 0. The fourth-order valence-corrected chi connectivity index (χ4v) is 1.98. The van der Waals surface area contributed by atoms with E-state index in [-0.39, 0.29) is 30.1 Å². The predicted molar refractivity (Wildman–Crippen MR) is 69.9 cm³/mol. The van der Waals surface area contributed by atoms with Crippen LogP contribution in [0.5, 0.6) is 0 Å². The van der Waals surface area contributed by atoms with Gasteiger partial charge in [-0.3, -0.25) is 9.59 Å². The van der Waals surface area contributed by atoms with Crippen molar-refractivity contribution in [2.45, 2.75) is 13.3 Å². The van der Waals surface area contributed by atoms with Crippen LogP contribution >= 0.6 is 0 Å². The molecule has 0 heterocycles. The Balaban J connectivity index is 1.83. The molecular formula is C14H17FN2O2. The molecule has 0 radical (unpaired) electrons. The quantitative estimate of drug-likeness (QED) is 0.902. The van der Waals surface area contributed by atoms with Crippen LogP contribution in [-0.4, -0.2) is 30.3 Å². The summed E-state index contributed by atoms with van der Waals surface area (Å²) in [5.41, 5.74) is 0.520. The number of likely N-dealkylation sites (N-methyl/N-ethyl adjacent to an activating group) is 1. The van der Waals surface area contributed by atoms with Gasteiger partial charge in [0.05, 0.1) is 6.54 Å². The van der Waals surface area contributed by atoms with E-state index in [2.05, 4.69) is 5.32 Å². The number of hydrogen-bond acceptors (Lipinski definition) is 2. The Kier molecular flexibility index (Phi) is 3.83. The second-order valence-electron chi connectivity index (χ2n) is 5.07. The van der Waals surface area contributed by atoms with Crippen LogP contribution in [0.1, 0.15) is 13.3 Å². The smallest absolute Gasteiger partial charge is 0.243 e. The molecule has 1 fully saturated rings. The first kappa shape index (κ1) is 13.5. The van der Waals surface area contributed by atoms with Gasteiger partial charge in [-0.25, -0.2) is 4.39 Å². The number of carbonyl (C=O) groups is 2. The van der Waals surface area contributed by atoms with Crippen molar-refractivity contribution < 1.29 is 14.0 Å². The lowest BCUT2D eigenvalue weighted by Gasteiger charge is -2.16. The molecule has 1 aliphatic rings. The van der Waals surface area contributed by atoms with E-state index in [9.17, 15) is 14.0 Å². The van der Waals surface area contributed by atoms with Crippen LogP contribution in [0.2, 0.25) is 0 Å². The summed E-state index contributed by atoms with van der Waals surface area (Å²) in [7, 11) is 1.62. The molecule has 0 saturated heterocycles. The first-order valence-electron chi connectivity index (χ1n) is 6.28. The number of amides is 2. The van der Waals surface area contributed by atoms with Crippen molar-refractivity contribution in [1.82, 2.24) is 4.90 Å². The maximum absolute atomic E-state index is 12.7. The van der Waals surface area contributed by atoms with Crippen molar-refractivity contribution in [3.63, 3.8) is 0 Å². The van der Waals surface area contributed by atoms with Gasteiger partial charge < -0.3 is 10.2 Å². The number of hydrogen-bond donors (Lipinski definition) is 1. The number of rotatable bonds is 4. The lowest BCUT2D eigenvalue weighted by atomic mass is 10.3. The highest BCUT2D eigenvalue weighted by molar-refractivity contribution is 5.95. The summed E-state index contributed by atoms with van der Waals surface area (Å²) in [5, 5.41) is 2.63. The highest BCUT2D eigenvalue weighted by Crippen LogP contribution is 2.38. The van der Waals surface area contributed by atoms with Gasteiger partial charge in [-0.15, -0.1) is 0 Å². The molecule has 19 heavy (non-hydrogen) atoms. The third-order valence-electron chi connectivity index (χ3n) is 3.31. The fourth-order valence-electron chi connectivity index (χ4n) is 1.98. The van der Waals surface area contributed by atoms with Crippen LogP contribution in [0, 0.1) is 17.7 Å². The molecule has 0 aliphatic heterocycles. The first-order valence-corrected chi connectivity index (χ1v) is 6.28. The molecule has 2 rings (SSSR count).